The maximum Gasteiger partial charge on any atom is 0.256 e. The molecule has 0 saturated heterocycles. The van der Waals surface area contributed by atoms with E-state index < -0.39 is 6.10 Å². The lowest BCUT2D eigenvalue weighted by atomic mass is 10.1. The van der Waals surface area contributed by atoms with Crippen LogP contribution in [0.4, 0.5) is 0 Å². The van der Waals surface area contributed by atoms with E-state index >= 15 is 0 Å². The molecule has 5 nitrogen and oxygen atoms in total. The van der Waals surface area contributed by atoms with E-state index in [2.05, 4.69) is 0 Å². The Morgan fingerprint density at radius 1 is 1.57 bits per heavy atom. The van der Waals surface area contributed by atoms with Crippen molar-refractivity contribution in [2.75, 3.05) is 20.2 Å². The first-order valence-corrected chi connectivity index (χ1v) is 7.13. The predicted molar refractivity (Wildman–Crippen MR) is 77.5 cm³/mol. The Hall–Kier alpha value is -2.06. The van der Waals surface area contributed by atoms with Gasteiger partial charge in [0.15, 0.2) is 6.10 Å². The average molecular weight is 288 g/mol. The molecule has 1 unspecified atom stereocenters. The summed E-state index contributed by atoms with van der Waals surface area (Å²) in [5.41, 5.74) is 0.511. The number of ether oxygens (including phenoxy) is 1. The van der Waals surface area contributed by atoms with Gasteiger partial charge in [-0.3, -0.25) is 4.79 Å². The summed E-state index contributed by atoms with van der Waals surface area (Å²) in [6.45, 7) is 0.994. The minimum absolute atomic E-state index is 0.281. The fourth-order valence-corrected chi connectivity index (χ4v) is 2.22. The predicted octanol–water partition coefficient (Wildman–Crippen LogP) is 1.88. The van der Waals surface area contributed by atoms with Gasteiger partial charge in [0, 0.05) is 13.1 Å². The first kappa shape index (κ1) is 15.3. The van der Waals surface area contributed by atoms with Gasteiger partial charge in [0.2, 0.25) is 0 Å². The fraction of sp³-hybridized carbons (Fsp3) is 0.500. The van der Waals surface area contributed by atoms with Gasteiger partial charge in [-0.25, -0.2) is 0 Å². The van der Waals surface area contributed by atoms with Crippen LogP contribution in [-0.4, -0.2) is 36.1 Å². The molecule has 0 heterocycles. The van der Waals surface area contributed by atoms with E-state index in [0.717, 1.165) is 12.8 Å². The van der Waals surface area contributed by atoms with E-state index in [-0.39, 0.29) is 12.3 Å². The summed E-state index contributed by atoms with van der Waals surface area (Å²) < 4.78 is 5.11. The fourth-order valence-electron chi connectivity index (χ4n) is 2.22. The number of benzene rings is 1. The SMILES string of the molecule is COc1cccc(C(O)C(=O)N(CCC#N)CC2CC2)c1. The van der Waals surface area contributed by atoms with E-state index in [1.807, 2.05) is 6.07 Å². The lowest BCUT2D eigenvalue weighted by molar-refractivity contribution is -0.140. The average Bonchev–Trinajstić information content (AvgIpc) is 3.34. The highest BCUT2D eigenvalue weighted by molar-refractivity contribution is 5.82. The van der Waals surface area contributed by atoms with Crippen LogP contribution in [0, 0.1) is 17.2 Å². The third kappa shape index (κ3) is 4.20. The molecule has 0 spiro atoms. The third-order valence-corrected chi connectivity index (χ3v) is 3.62. The summed E-state index contributed by atoms with van der Waals surface area (Å²) >= 11 is 0. The number of carbonyl (C=O) groups excluding carboxylic acids is 1. The first-order chi connectivity index (χ1) is 10.2. The summed E-state index contributed by atoms with van der Waals surface area (Å²) in [4.78, 5) is 14.0. The van der Waals surface area contributed by atoms with Crippen molar-refractivity contribution in [3.05, 3.63) is 29.8 Å². The second-order valence-electron chi connectivity index (χ2n) is 5.31. The van der Waals surface area contributed by atoms with Crippen LogP contribution in [0.25, 0.3) is 0 Å². The largest absolute Gasteiger partial charge is 0.497 e. The Balaban J connectivity index is 2.08. The minimum atomic E-state index is -1.21. The second kappa shape index (κ2) is 7.09. The van der Waals surface area contributed by atoms with Gasteiger partial charge >= 0.3 is 0 Å². The number of hydrogen-bond donors (Lipinski definition) is 1. The van der Waals surface area contributed by atoms with Crippen LogP contribution < -0.4 is 4.74 Å². The standard InChI is InChI=1S/C16H20N2O3/c1-21-14-5-2-4-13(10-14)15(19)16(20)18(9-3-8-17)11-12-6-7-12/h2,4-5,10,12,15,19H,3,6-7,9,11H2,1H3. The number of nitriles is 1. The maximum atomic E-state index is 12.4. The topological polar surface area (TPSA) is 73.6 Å². The van der Waals surface area contributed by atoms with Crippen molar-refractivity contribution in [3.8, 4) is 11.8 Å². The summed E-state index contributed by atoms with van der Waals surface area (Å²) in [6.07, 6.45) is 1.30. The molecule has 0 aromatic heterocycles. The molecular weight excluding hydrogens is 268 g/mol. The van der Waals surface area contributed by atoms with Crippen molar-refractivity contribution in [1.82, 2.24) is 4.90 Å². The number of nitrogens with zero attached hydrogens (tertiary/aromatic N) is 2. The van der Waals surface area contributed by atoms with Crippen molar-refractivity contribution in [2.45, 2.75) is 25.4 Å². The maximum absolute atomic E-state index is 12.4. The van der Waals surface area contributed by atoms with Gasteiger partial charge in [-0.05, 0) is 36.5 Å². The van der Waals surface area contributed by atoms with E-state index in [1.165, 1.54) is 0 Å². The molecule has 1 aliphatic rings. The van der Waals surface area contributed by atoms with Crippen molar-refractivity contribution < 1.29 is 14.6 Å². The Morgan fingerprint density at radius 2 is 2.33 bits per heavy atom. The number of aliphatic hydroxyl groups is 1. The van der Waals surface area contributed by atoms with Crippen molar-refractivity contribution >= 4 is 5.91 Å². The number of hydrogen-bond acceptors (Lipinski definition) is 4. The Kier molecular flexibility index (Phi) is 5.18. The molecule has 0 bridgehead atoms. The molecule has 1 atom stereocenters. The van der Waals surface area contributed by atoms with Crippen LogP contribution in [-0.2, 0) is 4.79 Å². The number of carbonyl (C=O) groups is 1. The lowest BCUT2D eigenvalue weighted by Gasteiger charge is -2.24. The van der Waals surface area contributed by atoms with Crippen LogP contribution in [0.2, 0.25) is 0 Å². The Bertz CT molecular complexity index is 535. The zero-order chi connectivity index (χ0) is 15.2. The molecule has 2 rings (SSSR count). The van der Waals surface area contributed by atoms with Gasteiger partial charge in [-0.2, -0.15) is 5.26 Å². The molecule has 112 valence electrons. The van der Waals surface area contributed by atoms with Crippen molar-refractivity contribution in [3.63, 3.8) is 0 Å². The van der Waals surface area contributed by atoms with E-state index in [9.17, 15) is 9.90 Å². The van der Waals surface area contributed by atoms with E-state index in [1.54, 1.807) is 36.3 Å². The third-order valence-electron chi connectivity index (χ3n) is 3.62. The molecule has 1 saturated carbocycles. The minimum Gasteiger partial charge on any atom is -0.497 e. The van der Waals surface area contributed by atoms with E-state index in [0.29, 0.717) is 30.3 Å². The monoisotopic (exact) mass is 288 g/mol. The number of rotatable bonds is 7. The molecule has 0 radical (unpaired) electrons. The summed E-state index contributed by atoms with van der Waals surface area (Å²) in [7, 11) is 1.54. The zero-order valence-corrected chi connectivity index (χ0v) is 12.2. The smallest absolute Gasteiger partial charge is 0.256 e. The molecule has 21 heavy (non-hydrogen) atoms. The van der Waals surface area contributed by atoms with Crippen molar-refractivity contribution in [2.24, 2.45) is 5.92 Å². The first-order valence-electron chi connectivity index (χ1n) is 7.13. The van der Waals surface area contributed by atoms with Gasteiger partial charge in [-0.15, -0.1) is 0 Å². The Morgan fingerprint density at radius 3 is 2.95 bits per heavy atom. The van der Waals surface area contributed by atoms with Crippen LogP contribution in [0.1, 0.15) is 30.9 Å². The van der Waals surface area contributed by atoms with Gasteiger partial charge < -0.3 is 14.7 Å². The lowest BCUT2D eigenvalue weighted by Crippen LogP contribution is -2.37. The quantitative estimate of drug-likeness (QED) is 0.831. The van der Waals surface area contributed by atoms with Crippen LogP contribution in [0.5, 0.6) is 5.75 Å². The molecule has 1 aliphatic carbocycles. The molecule has 0 aliphatic heterocycles. The molecule has 1 aromatic carbocycles. The van der Waals surface area contributed by atoms with Crippen LogP contribution in [0.3, 0.4) is 0 Å². The highest BCUT2D eigenvalue weighted by Crippen LogP contribution is 2.31. The normalized spacial score (nSPS) is 15.1. The van der Waals surface area contributed by atoms with Gasteiger partial charge in [0.25, 0.3) is 5.91 Å². The number of aliphatic hydroxyl groups excluding tert-OH is 1. The van der Waals surface area contributed by atoms with Gasteiger partial charge in [-0.1, -0.05) is 12.1 Å². The van der Waals surface area contributed by atoms with Gasteiger partial charge in [0.05, 0.1) is 19.6 Å². The summed E-state index contributed by atoms with van der Waals surface area (Å²) in [5.74, 6) is 0.778. The second-order valence-corrected chi connectivity index (χ2v) is 5.31. The molecule has 1 N–H and O–H groups in total. The molecule has 1 fully saturated rings. The molecule has 1 aromatic rings. The highest BCUT2D eigenvalue weighted by Gasteiger charge is 2.30. The highest BCUT2D eigenvalue weighted by atomic mass is 16.5. The summed E-state index contributed by atoms with van der Waals surface area (Å²) in [6, 6.07) is 8.91. The molecular formula is C16H20N2O3. The molecule has 1 amide bonds. The van der Waals surface area contributed by atoms with Gasteiger partial charge in [0.1, 0.15) is 5.75 Å². The van der Waals surface area contributed by atoms with E-state index in [4.69, 9.17) is 10.00 Å². The number of amides is 1. The number of methoxy groups -OCH3 is 1. The Labute approximate surface area is 124 Å². The molecule has 5 heteroatoms. The van der Waals surface area contributed by atoms with Crippen LogP contribution in [0.15, 0.2) is 24.3 Å². The summed E-state index contributed by atoms with van der Waals surface area (Å²) in [5, 5.41) is 19.0. The van der Waals surface area contributed by atoms with Crippen LogP contribution >= 0.6 is 0 Å². The zero-order valence-electron chi connectivity index (χ0n) is 12.2. The van der Waals surface area contributed by atoms with Crippen molar-refractivity contribution in [1.29, 1.82) is 5.26 Å².